The van der Waals surface area contributed by atoms with Crippen LogP contribution in [0.3, 0.4) is 0 Å². The first-order valence-electron chi connectivity index (χ1n) is 7.76. The molecule has 4 aromatic rings. The average Bonchev–Trinajstić information content (AvgIpc) is 3.03. The lowest BCUT2D eigenvalue weighted by Gasteiger charge is -2.15. The van der Waals surface area contributed by atoms with Crippen LogP contribution in [0, 0.1) is 0 Å². The van der Waals surface area contributed by atoms with Crippen LogP contribution in [-0.2, 0) is 0 Å². The molecule has 2 heterocycles. The summed E-state index contributed by atoms with van der Waals surface area (Å²) in [6.45, 7) is 0. The highest BCUT2D eigenvalue weighted by atomic mass is 16.5. The van der Waals surface area contributed by atoms with Gasteiger partial charge in [0.2, 0.25) is 0 Å². The zero-order chi connectivity index (χ0) is 16.7. The smallest absolute Gasteiger partial charge is 0.139 e. The lowest BCUT2D eigenvalue weighted by atomic mass is 10.2. The number of methoxy groups -OCH3 is 1. The van der Waals surface area contributed by atoms with Crippen molar-refractivity contribution in [1.29, 1.82) is 0 Å². The third-order valence-corrected chi connectivity index (χ3v) is 4.17. The molecule has 0 amide bonds. The van der Waals surface area contributed by atoms with Gasteiger partial charge in [-0.25, -0.2) is 9.97 Å². The summed E-state index contributed by atoms with van der Waals surface area (Å²) in [5.74, 6) is 1.65. The predicted molar refractivity (Wildman–Crippen MR) is 97.3 cm³/mol. The molecule has 5 heteroatoms. The Morgan fingerprint density at radius 3 is 2.71 bits per heavy atom. The van der Waals surface area contributed by atoms with Gasteiger partial charge in [-0.2, -0.15) is 0 Å². The number of para-hydroxylation sites is 1. The predicted octanol–water partition coefficient (Wildman–Crippen LogP) is 3.65. The molecule has 0 aliphatic heterocycles. The Bertz CT molecular complexity index is 1040. The van der Waals surface area contributed by atoms with E-state index in [2.05, 4.69) is 34.1 Å². The molecule has 24 heavy (non-hydrogen) atoms. The summed E-state index contributed by atoms with van der Waals surface area (Å²) in [5, 5.41) is 1.12. The Balaban J connectivity index is 1.92. The quantitative estimate of drug-likeness (QED) is 0.578. The third kappa shape index (κ3) is 2.25. The van der Waals surface area contributed by atoms with E-state index in [-0.39, 0.29) is 0 Å². The number of imidazole rings is 1. The van der Waals surface area contributed by atoms with Crippen molar-refractivity contribution < 1.29 is 4.74 Å². The summed E-state index contributed by atoms with van der Waals surface area (Å²) in [7, 11) is 5.72. The lowest BCUT2D eigenvalue weighted by molar-refractivity contribution is 0.415. The number of ether oxygens (including phenoxy) is 1. The number of hydrogen-bond acceptors (Lipinski definition) is 4. The van der Waals surface area contributed by atoms with Gasteiger partial charge < -0.3 is 9.64 Å². The molecular weight excluding hydrogens is 300 g/mol. The molecule has 0 unspecified atom stereocenters. The van der Waals surface area contributed by atoms with E-state index in [0.29, 0.717) is 0 Å². The first kappa shape index (κ1) is 14.5. The van der Waals surface area contributed by atoms with E-state index in [4.69, 9.17) is 9.72 Å². The topological polar surface area (TPSA) is 43.2 Å². The highest BCUT2D eigenvalue weighted by molar-refractivity contribution is 5.91. The summed E-state index contributed by atoms with van der Waals surface area (Å²) in [4.78, 5) is 11.4. The maximum absolute atomic E-state index is 5.27. The largest absolute Gasteiger partial charge is 0.497 e. The van der Waals surface area contributed by atoms with Crippen molar-refractivity contribution in [3.63, 3.8) is 0 Å². The molecule has 0 aliphatic carbocycles. The summed E-state index contributed by atoms with van der Waals surface area (Å²) in [6.07, 6.45) is 1.80. The average molecular weight is 318 g/mol. The van der Waals surface area contributed by atoms with Crippen LogP contribution in [0.1, 0.15) is 0 Å². The molecule has 2 aromatic carbocycles. The number of rotatable bonds is 3. The van der Waals surface area contributed by atoms with E-state index in [1.54, 1.807) is 13.4 Å². The monoisotopic (exact) mass is 318 g/mol. The van der Waals surface area contributed by atoms with E-state index in [0.717, 1.165) is 39.2 Å². The number of aromatic nitrogens is 3. The van der Waals surface area contributed by atoms with Crippen molar-refractivity contribution in [3.05, 3.63) is 54.9 Å². The van der Waals surface area contributed by atoms with E-state index < -0.39 is 0 Å². The molecule has 0 aliphatic rings. The number of fused-ring (bicyclic) bond motifs is 2. The van der Waals surface area contributed by atoms with Crippen LogP contribution in [0.2, 0.25) is 0 Å². The molecule has 0 bridgehead atoms. The van der Waals surface area contributed by atoms with E-state index in [1.807, 2.05) is 42.9 Å². The minimum absolute atomic E-state index is 0.800. The normalized spacial score (nSPS) is 11.1. The molecular formula is C19H18N4O. The van der Waals surface area contributed by atoms with Crippen LogP contribution < -0.4 is 9.64 Å². The first-order chi connectivity index (χ1) is 11.7. The van der Waals surface area contributed by atoms with Crippen LogP contribution in [0.25, 0.3) is 27.8 Å². The fraction of sp³-hybridized carbons (Fsp3) is 0.158. The molecule has 0 saturated heterocycles. The van der Waals surface area contributed by atoms with Crippen molar-refractivity contribution in [2.75, 3.05) is 26.1 Å². The van der Waals surface area contributed by atoms with Gasteiger partial charge in [0.25, 0.3) is 0 Å². The molecule has 120 valence electrons. The molecule has 0 saturated carbocycles. The van der Waals surface area contributed by atoms with Crippen molar-refractivity contribution in [1.82, 2.24) is 14.5 Å². The second-order valence-electron chi connectivity index (χ2n) is 5.88. The molecule has 0 atom stereocenters. The Morgan fingerprint density at radius 2 is 1.92 bits per heavy atom. The van der Waals surface area contributed by atoms with Crippen molar-refractivity contribution in [3.8, 4) is 11.6 Å². The second-order valence-corrected chi connectivity index (χ2v) is 5.88. The standard InChI is InChI=1S/C19H18N4O/c1-22(2)17-6-4-5-13-7-10-18(21-19(13)17)23-12-20-15-11-14(24-3)8-9-16(15)23/h4-12H,1-3H3. The number of nitrogens with zero attached hydrogens (tertiary/aromatic N) is 4. The molecule has 4 rings (SSSR count). The van der Waals surface area contributed by atoms with Crippen molar-refractivity contribution in [2.24, 2.45) is 0 Å². The fourth-order valence-corrected chi connectivity index (χ4v) is 2.92. The van der Waals surface area contributed by atoms with Gasteiger partial charge in [-0.15, -0.1) is 0 Å². The Kier molecular flexibility index (Phi) is 3.34. The molecule has 0 radical (unpaired) electrons. The fourth-order valence-electron chi connectivity index (χ4n) is 2.92. The minimum Gasteiger partial charge on any atom is -0.497 e. The summed E-state index contributed by atoms with van der Waals surface area (Å²) in [5.41, 5.74) is 3.97. The van der Waals surface area contributed by atoms with Crippen LogP contribution in [0.4, 0.5) is 5.69 Å². The summed E-state index contributed by atoms with van der Waals surface area (Å²) >= 11 is 0. The maximum Gasteiger partial charge on any atom is 0.139 e. The number of anilines is 1. The van der Waals surface area contributed by atoms with Gasteiger partial charge >= 0.3 is 0 Å². The SMILES string of the molecule is COc1ccc2c(c1)ncn2-c1ccc2cccc(N(C)C)c2n1. The number of benzene rings is 2. The van der Waals surface area contributed by atoms with Crippen LogP contribution in [-0.4, -0.2) is 35.7 Å². The zero-order valence-corrected chi connectivity index (χ0v) is 13.9. The number of hydrogen-bond donors (Lipinski definition) is 0. The zero-order valence-electron chi connectivity index (χ0n) is 13.9. The van der Waals surface area contributed by atoms with E-state index in [1.165, 1.54) is 0 Å². The first-order valence-corrected chi connectivity index (χ1v) is 7.76. The van der Waals surface area contributed by atoms with Gasteiger partial charge in [0, 0.05) is 25.5 Å². The third-order valence-electron chi connectivity index (χ3n) is 4.17. The van der Waals surface area contributed by atoms with Crippen LogP contribution in [0.15, 0.2) is 54.9 Å². The summed E-state index contributed by atoms with van der Waals surface area (Å²) < 4.78 is 7.27. The molecule has 5 nitrogen and oxygen atoms in total. The van der Waals surface area contributed by atoms with Crippen molar-refractivity contribution >= 4 is 27.6 Å². The Labute approximate surface area is 140 Å². The molecule has 0 spiro atoms. The minimum atomic E-state index is 0.800. The second kappa shape index (κ2) is 5.53. The van der Waals surface area contributed by atoms with Gasteiger partial charge in [0.15, 0.2) is 0 Å². The highest BCUT2D eigenvalue weighted by Gasteiger charge is 2.10. The Hall–Kier alpha value is -3.08. The van der Waals surface area contributed by atoms with Crippen LogP contribution >= 0.6 is 0 Å². The maximum atomic E-state index is 5.27. The Morgan fingerprint density at radius 1 is 1.04 bits per heavy atom. The lowest BCUT2D eigenvalue weighted by Crippen LogP contribution is -2.10. The molecule has 0 fully saturated rings. The number of pyridine rings is 1. The van der Waals surface area contributed by atoms with Gasteiger partial charge in [-0.05, 0) is 30.3 Å². The van der Waals surface area contributed by atoms with Gasteiger partial charge in [0.05, 0.1) is 29.3 Å². The molecule has 0 N–H and O–H groups in total. The van der Waals surface area contributed by atoms with E-state index in [9.17, 15) is 0 Å². The van der Waals surface area contributed by atoms with E-state index >= 15 is 0 Å². The van der Waals surface area contributed by atoms with Gasteiger partial charge in [0.1, 0.15) is 17.9 Å². The van der Waals surface area contributed by atoms with Crippen molar-refractivity contribution in [2.45, 2.75) is 0 Å². The summed E-state index contributed by atoms with van der Waals surface area (Å²) in [6, 6.07) is 16.2. The van der Waals surface area contributed by atoms with Gasteiger partial charge in [-0.3, -0.25) is 4.57 Å². The van der Waals surface area contributed by atoms with Gasteiger partial charge in [-0.1, -0.05) is 12.1 Å². The van der Waals surface area contributed by atoms with Crippen LogP contribution in [0.5, 0.6) is 5.75 Å². The molecule has 2 aromatic heterocycles. The highest BCUT2D eigenvalue weighted by Crippen LogP contribution is 2.27.